The monoisotopic (exact) mass is 232 g/mol. The molecule has 1 fully saturated rings. The van der Waals surface area contributed by atoms with Gasteiger partial charge in [-0.15, -0.1) is 0 Å². The Bertz CT molecular complexity index is 386. The van der Waals surface area contributed by atoms with E-state index in [0.29, 0.717) is 5.92 Å². The molecule has 1 atom stereocenters. The molecule has 1 aromatic carbocycles. The molecule has 1 saturated carbocycles. The van der Waals surface area contributed by atoms with Gasteiger partial charge in [0.25, 0.3) is 0 Å². The first kappa shape index (κ1) is 12.1. The highest BCUT2D eigenvalue weighted by molar-refractivity contribution is 5.87. The largest absolute Gasteiger partial charge is 0.368 e. The third kappa shape index (κ3) is 2.20. The van der Waals surface area contributed by atoms with Crippen LogP contribution in [-0.2, 0) is 10.3 Å². The van der Waals surface area contributed by atoms with E-state index in [0.717, 1.165) is 31.4 Å². The van der Waals surface area contributed by atoms with E-state index in [2.05, 4.69) is 12.2 Å². The number of nitrogens with one attached hydrogen (secondary N) is 1. The fourth-order valence-corrected chi connectivity index (χ4v) is 2.45. The summed E-state index contributed by atoms with van der Waals surface area (Å²) in [4.78, 5) is 12.0. The van der Waals surface area contributed by atoms with Gasteiger partial charge in [0.05, 0.1) is 0 Å². The zero-order valence-corrected chi connectivity index (χ0v) is 10.3. The van der Waals surface area contributed by atoms with Crippen LogP contribution in [-0.4, -0.2) is 12.5 Å². The molecule has 2 rings (SSSR count). The van der Waals surface area contributed by atoms with Gasteiger partial charge in [0.1, 0.15) is 5.54 Å². The summed E-state index contributed by atoms with van der Waals surface area (Å²) >= 11 is 0. The number of amides is 1. The van der Waals surface area contributed by atoms with Crippen LogP contribution in [0.3, 0.4) is 0 Å². The lowest BCUT2D eigenvalue weighted by molar-refractivity contribution is -0.125. The summed E-state index contributed by atoms with van der Waals surface area (Å²) < 4.78 is 0. The van der Waals surface area contributed by atoms with Crippen molar-refractivity contribution in [2.75, 3.05) is 6.54 Å². The molecule has 0 heterocycles. The number of hydrogen-bond acceptors (Lipinski definition) is 2. The Kier molecular flexibility index (Phi) is 3.48. The Labute approximate surface area is 102 Å². The van der Waals surface area contributed by atoms with Crippen LogP contribution in [0.2, 0.25) is 0 Å². The minimum Gasteiger partial charge on any atom is -0.368 e. The van der Waals surface area contributed by atoms with E-state index in [9.17, 15) is 4.79 Å². The number of hydrogen-bond donors (Lipinski definition) is 2. The van der Waals surface area contributed by atoms with Gasteiger partial charge in [-0.3, -0.25) is 10.1 Å². The molecule has 0 saturated heterocycles. The zero-order valence-electron chi connectivity index (χ0n) is 10.3. The fourth-order valence-electron chi connectivity index (χ4n) is 2.45. The van der Waals surface area contributed by atoms with Gasteiger partial charge in [-0.25, -0.2) is 0 Å². The maximum Gasteiger partial charge on any atom is 0.242 e. The highest BCUT2D eigenvalue weighted by Gasteiger charge is 2.50. The van der Waals surface area contributed by atoms with E-state index in [1.54, 1.807) is 0 Å². The molecule has 0 radical (unpaired) electrons. The van der Waals surface area contributed by atoms with Crippen molar-refractivity contribution in [2.45, 2.75) is 31.7 Å². The van der Waals surface area contributed by atoms with Gasteiger partial charge < -0.3 is 5.73 Å². The second kappa shape index (κ2) is 4.88. The van der Waals surface area contributed by atoms with Gasteiger partial charge in [0.2, 0.25) is 5.91 Å². The molecule has 3 heteroatoms. The van der Waals surface area contributed by atoms with Crippen LogP contribution >= 0.6 is 0 Å². The molecule has 1 aromatic rings. The van der Waals surface area contributed by atoms with Crippen molar-refractivity contribution in [3.05, 3.63) is 35.9 Å². The van der Waals surface area contributed by atoms with Crippen molar-refractivity contribution >= 4 is 5.91 Å². The van der Waals surface area contributed by atoms with Crippen LogP contribution in [0.15, 0.2) is 30.3 Å². The van der Waals surface area contributed by atoms with Gasteiger partial charge in [-0.05, 0) is 37.3 Å². The minimum absolute atomic E-state index is 0.250. The molecular weight excluding hydrogens is 212 g/mol. The molecule has 0 aromatic heterocycles. The summed E-state index contributed by atoms with van der Waals surface area (Å²) in [6.45, 7) is 2.91. The SMILES string of the molecule is CCCNC(C(N)=O)(c1ccccc1)C1CC1. The third-order valence-corrected chi connectivity index (χ3v) is 3.46. The van der Waals surface area contributed by atoms with E-state index in [4.69, 9.17) is 5.73 Å². The van der Waals surface area contributed by atoms with Crippen molar-refractivity contribution < 1.29 is 4.79 Å². The average Bonchev–Trinajstić information content (AvgIpc) is 3.16. The first-order chi connectivity index (χ1) is 8.21. The second-order valence-corrected chi connectivity index (χ2v) is 4.74. The molecule has 1 amide bonds. The molecule has 0 spiro atoms. The molecule has 1 aliphatic carbocycles. The minimum atomic E-state index is -0.655. The zero-order chi connectivity index (χ0) is 12.3. The van der Waals surface area contributed by atoms with Crippen molar-refractivity contribution in [2.24, 2.45) is 11.7 Å². The molecule has 1 unspecified atom stereocenters. The Morgan fingerprint density at radius 2 is 2.06 bits per heavy atom. The van der Waals surface area contributed by atoms with E-state index >= 15 is 0 Å². The van der Waals surface area contributed by atoms with Crippen molar-refractivity contribution in [3.8, 4) is 0 Å². The number of nitrogens with two attached hydrogens (primary N) is 1. The molecule has 92 valence electrons. The lowest BCUT2D eigenvalue weighted by Crippen LogP contribution is -2.54. The van der Waals surface area contributed by atoms with Crippen LogP contribution in [0.5, 0.6) is 0 Å². The lowest BCUT2D eigenvalue weighted by atomic mass is 9.84. The first-order valence-electron chi connectivity index (χ1n) is 6.32. The number of benzene rings is 1. The van der Waals surface area contributed by atoms with Crippen LogP contribution < -0.4 is 11.1 Å². The van der Waals surface area contributed by atoms with Crippen molar-refractivity contribution in [1.29, 1.82) is 0 Å². The molecule has 0 bridgehead atoms. The van der Waals surface area contributed by atoms with Crippen molar-refractivity contribution in [1.82, 2.24) is 5.32 Å². The van der Waals surface area contributed by atoms with Gasteiger partial charge in [-0.1, -0.05) is 37.3 Å². The van der Waals surface area contributed by atoms with Gasteiger partial charge in [0.15, 0.2) is 0 Å². The Balaban J connectivity index is 2.37. The van der Waals surface area contributed by atoms with Crippen molar-refractivity contribution in [3.63, 3.8) is 0 Å². The highest BCUT2D eigenvalue weighted by Crippen LogP contribution is 2.45. The summed E-state index contributed by atoms with van der Waals surface area (Å²) in [6.07, 6.45) is 3.15. The van der Waals surface area contributed by atoms with E-state index in [1.165, 1.54) is 0 Å². The smallest absolute Gasteiger partial charge is 0.242 e. The number of carbonyl (C=O) groups excluding carboxylic acids is 1. The summed E-state index contributed by atoms with van der Waals surface area (Å²) in [7, 11) is 0. The van der Waals surface area contributed by atoms with Crippen LogP contribution in [0, 0.1) is 5.92 Å². The predicted molar refractivity (Wildman–Crippen MR) is 68.3 cm³/mol. The molecule has 1 aliphatic rings. The van der Waals surface area contributed by atoms with E-state index in [-0.39, 0.29) is 5.91 Å². The van der Waals surface area contributed by atoms with Gasteiger partial charge >= 0.3 is 0 Å². The Hall–Kier alpha value is -1.35. The highest BCUT2D eigenvalue weighted by atomic mass is 16.1. The summed E-state index contributed by atoms with van der Waals surface area (Å²) in [6, 6.07) is 9.87. The molecule has 17 heavy (non-hydrogen) atoms. The summed E-state index contributed by atoms with van der Waals surface area (Å²) in [5.41, 5.74) is 6.03. The lowest BCUT2D eigenvalue weighted by Gasteiger charge is -2.32. The normalized spacial score (nSPS) is 18.6. The summed E-state index contributed by atoms with van der Waals surface area (Å²) in [5, 5.41) is 3.39. The summed E-state index contributed by atoms with van der Waals surface area (Å²) in [5.74, 6) is 0.105. The Morgan fingerprint density at radius 1 is 1.41 bits per heavy atom. The topological polar surface area (TPSA) is 55.1 Å². The molecular formula is C14H20N2O. The maximum atomic E-state index is 12.0. The van der Waals surface area contributed by atoms with Gasteiger partial charge in [0, 0.05) is 0 Å². The van der Waals surface area contributed by atoms with Crippen LogP contribution in [0.4, 0.5) is 0 Å². The average molecular weight is 232 g/mol. The number of rotatable bonds is 6. The molecule has 3 N–H and O–H groups in total. The van der Waals surface area contributed by atoms with Crippen LogP contribution in [0.1, 0.15) is 31.7 Å². The second-order valence-electron chi connectivity index (χ2n) is 4.74. The fraction of sp³-hybridized carbons (Fsp3) is 0.500. The van der Waals surface area contributed by atoms with E-state index < -0.39 is 5.54 Å². The number of carbonyl (C=O) groups is 1. The quantitative estimate of drug-likeness (QED) is 0.785. The number of primary amides is 1. The van der Waals surface area contributed by atoms with E-state index in [1.807, 2.05) is 30.3 Å². The van der Waals surface area contributed by atoms with Gasteiger partial charge in [-0.2, -0.15) is 0 Å². The molecule has 0 aliphatic heterocycles. The molecule has 3 nitrogen and oxygen atoms in total. The standard InChI is InChI=1S/C14H20N2O/c1-2-10-16-14(13(15)17,12-8-9-12)11-6-4-3-5-7-11/h3-7,12,16H,2,8-10H2,1H3,(H2,15,17). The Morgan fingerprint density at radius 3 is 2.53 bits per heavy atom. The maximum absolute atomic E-state index is 12.0. The third-order valence-electron chi connectivity index (χ3n) is 3.46. The first-order valence-corrected chi connectivity index (χ1v) is 6.32. The predicted octanol–water partition coefficient (Wildman–Crippen LogP) is 1.78. The van der Waals surface area contributed by atoms with Crippen LogP contribution in [0.25, 0.3) is 0 Å².